The van der Waals surface area contributed by atoms with Crippen molar-refractivity contribution >= 4 is 17.4 Å². The highest BCUT2D eigenvalue weighted by molar-refractivity contribution is 7.98. The van der Waals surface area contributed by atoms with Crippen LogP contribution in [0.1, 0.15) is 11.1 Å². The summed E-state index contributed by atoms with van der Waals surface area (Å²) in [7, 11) is 0. The van der Waals surface area contributed by atoms with Crippen molar-refractivity contribution in [1.82, 2.24) is 0 Å². The molecule has 0 amide bonds. The van der Waals surface area contributed by atoms with Gasteiger partial charge < -0.3 is 5.73 Å². The predicted molar refractivity (Wildman–Crippen MR) is 71.5 cm³/mol. The van der Waals surface area contributed by atoms with Gasteiger partial charge in [0.25, 0.3) is 0 Å². The minimum absolute atomic E-state index is 0.0531. The third-order valence-corrected chi connectivity index (χ3v) is 3.83. The van der Waals surface area contributed by atoms with Crippen molar-refractivity contribution in [2.24, 2.45) is 0 Å². The summed E-state index contributed by atoms with van der Waals surface area (Å²) in [5.74, 6) is -1.32. The molecule has 0 saturated heterocycles. The van der Waals surface area contributed by atoms with E-state index < -0.39 is 11.6 Å². The zero-order valence-electron chi connectivity index (χ0n) is 10.2. The molecule has 0 bridgehead atoms. The smallest absolute Gasteiger partial charge is 0.141 e. The molecule has 2 N–H and O–H groups in total. The molecule has 0 unspecified atom stereocenters. The van der Waals surface area contributed by atoms with Crippen LogP contribution in [0.5, 0.6) is 0 Å². The van der Waals surface area contributed by atoms with Gasteiger partial charge in [0, 0.05) is 11.4 Å². The predicted octanol–water partition coefficient (Wildman–Crippen LogP) is 4.29. The lowest BCUT2D eigenvalue weighted by Gasteiger charge is -2.08. The number of hydrogen-bond donors (Lipinski definition) is 1. The van der Waals surface area contributed by atoms with Gasteiger partial charge in [-0.05, 0) is 42.3 Å². The Kier molecular flexibility index (Phi) is 4.04. The molecule has 100 valence electrons. The molecule has 0 aliphatic heterocycles. The second-order valence-corrected chi connectivity index (χ2v) is 5.16. The largest absolute Gasteiger partial charge is 0.399 e. The van der Waals surface area contributed by atoms with Crippen LogP contribution in [0.15, 0.2) is 35.2 Å². The van der Waals surface area contributed by atoms with Crippen LogP contribution >= 0.6 is 11.8 Å². The van der Waals surface area contributed by atoms with Gasteiger partial charge in [0.05, 0.1) is 4.90 Å². The average Bonchev–Trinajstić information content (AvgIpc) is 2.30. The van der Waals surface area contributed by atoms with E-state index >= 15 is 0 Å². The maximum Gasteiger partial charge on any atom is 0.141 e. The Morgan fingerprint density at radius 2 is 1.68 bits per heavy atom. The van der Waals surface area contributed by atoms with Gasteiger partial charge in [-0.2, -0.15) is 0 Å². The number of rotatable bonds is 3. The summed E-state index contributed by atoms with van der Waals surface area (Å²) in [5.41, 5.74) is 6.99. The van der Waals surface area contributed by atoms with E-state index in [9.17, 15) is 13.2 Å². The van der Waals surface area contributed by atoms with Crippen LogP contribution in [-0.4, -0.2) is 0 Å². The van der Waals surface area contributed by atoms with E-state index in [0.29, 0.717) is 5.75 Å². The van der Waals surface area contributed by atoms with Crippen molar-refractivity contribution in [2.45, 2.75) is 17.6 Å². The van der Waals surface area contributed by atoms with Gasteiger partial charge in [-0.25, -0.2) is 13.2 Å². The highest BCUT2D eigenvalue weighted by atomic mass is 32.2. The van der Waals surface area contributed by atoms with E-state index in [0.717, 1.165) is 35.0 Å². The zero-order valence-corrected chi connectivity index (χ0v) is 11.0. The monoisotopic (exact) mass is 283 g/mol. The lowest BCUT2D eigenvalue weighted by Crippen LogP contribution is -1.94. The molecule has 0 aromatic heterocycles. The van der Waals surface area contributed by atoms with Crippen molar-refractivity contribution in [2.75, 3.05) is 5.73 Å². The van der Waals surface area contributed by atoms with Crippen LogP contribution in [0.3, 0.4) is 0 Å². The minimum atomic E-state index is -0.678. The molecule has 0 spiro atoms. The molecule has 1 nitrogen and oxygen atoms in total. The SMILES string of the molecule is Cc1cc(F)ccc1CSc1c(F)cc(N)cc1F. The molecule has 5 heteroatoms. The summed E-state index contributed by atoms with van der Waals surface area (Å²) < 4.78 is 40.1. The zero-order chi connectivity index (χ0) is 14.0. The molecular formula is C14H12F3NS. The lowest BCUT2D eigenvalue weighted by molar-refractivity contribution is 0.542. The molecule has 0 fully saturated rings. The van der Waals surface area contributed by atoms with Crippen LogP contribution in [-0.2, 0) is 5.75 Å². The van der Waals surface area contributed by atoms with Gasteiger partial charge in [-0.1, -0.05) is 6.07 Å². The Morgan fingerprint density at radius 1 is 1.05 bits per heavy atom. The second kappa shape index (κ2) is 5.57. The first-order valence-electron chi connectivity index (χ1n) is 5.59. The Balaban J connectivity index is 2.19. The first-order valence-corrected chi connectivity index (χ1v) is 6.58. The van der Waals surface area contributed by atoms with Crippen molar-refractivity contribution < 1.29 is 13.2 Å². The fraction of sp³-hybridized carbons (Fsp3) is 0.143. The van der Waals surface area contributed by atoms with Crippen LogP contribution in [0.2, 0.25) is 0 Å². The lowest BCUT2D eigenvalue weighted by atomic mass is 10.1. The summed E-state index contributed by atoms with van der Waals surface area (Å²) >= 11 is 1.03. The normalized spacial score (nSPS) is 10.7. The van der Waals surface area contributed by atoms with E-state index in [1.165, 1.54) is 12.1 Å². The molecule has 2 aromatic carbocycles. The number of halogens is 3. The molecule has 0 aliphatic rings. The second-order valence-electron chi connectivity index (χ2n) is 4.17. The number of aryl methyl sites for hydroxylation is 1. The Hall–Kier alpha value is -1.62. The first kappa shape index (κ1) is 13.8. The first-order chi connectivity index (χ1) is 8.97. The number of thioether (sulfide) groups is 1. The minimum Gasteiger partial charge on any atom is -0.399 e. The molecule has 0 saturated carbocycles. The van der Waals surface area contributed by atoms with E-state index in [1.54, 1.807) is 13.0 Å². The molecule has 0 radical (unpaired) electrons. The molecule has 2 rings (SSSR count). The summed E-state index contributed by atoms with van der Waals surface area (Å²) in [6.07, 6.45) is 0. The number of benzene rings is 2. The fourth-order valence-electron chi connectivity index (χ4n) is 1.69. The van der Waals surface area contributed by atoms with Gasteiger partial charge in [-0.15, -0.1) is 11.8 Å². The van der Waals surface area contributed by atoms with Crippen LogP contribution < -0.4 is 5.73 Å². The third-order valence-electron chi connectivity index (χ3n) is 2.70. The fourth-order valence-corrected chi connectivity index (χ4v) is 2.71. The van der Waals surface area contributed by atoms with Crippen molar-refractivity contribution in [3.05, 3.63) is 58.9 Å². The Morgan fingerprint density at radius 3 is 2.26 bits per heavy atom. The number of anilines is 1. The van der Waals surface area contributed by atoms with Gasteiger partial charge in [0.2, 0.25) is 0 Å². The Labute approximate surface area is 113 Å². The maximum absolute atomic E-state index is 13.6. The Bertz CT molecular complexity index is 591. The van der Waals surface area contributed by atoms with Gasteiger partial charge in [-0.3, -0.25) is 0 Å². The summed E-state index contributed by atoms with van der Waals surface area (Å²) in [5, 5.41) is 0. The maximum atomic E-state index is 13.6. The molecule has 0 heterocycles. The van der Waals surface area contributed by atoms with E-state index in [1.807, 2.05) is 0 Å². The van der Waals surface area contributed by atoms with Crippen LogP contribution in [0, 0.1) is 24.4 Å². The molecule has 19 heavy (non-hydrogen) atoms. The summed E-state index contributed by atoms with van der Waals surface area (Å²) in [6, 6.07) is 6.51. The molecule has 0 aliphatic carbocycles. The van der Waals surface area contributed by atoms with Crippen LogP contribution in [0.4, 0.5) is 18.9 Å². The van der Waals surface area contributed by atoms with Crippen molar-refractivity contribution in [3.63, 3.8) is 0 Å². The van der Waals surface area contributed by atoms with Gasteiger partial charge in [0.15, 0.2) is 0 Å². The number of nitrogens with two attached hydrogens (primary N) is 1. The summed E-state index contributed by atoms with van der Waals surface area (Å²) in [4.78, 5) is -0.0714. The van der Waals surface area contributed by atoms with E-state index in [4.69, 9.17) is 5.73 Å². The molecule has 0 atom stereocenters. The standard InChI is InChI=1S/C14H12F3NS/c1-8-4-10(15)3-2-9(8)7-19-14-12(16)5-11(18)6-13(14)17/h2-6H,7,18H2,1H3. The highest BCUT2D eigenvalue weighted by Crippen LogP contribution is 2.30. The topological polar surface area (TPSA) is 26.0 Å². The molecule has 2 aromatic rings. The highest BCUT2D eigenvalue weighted by Gasteiger charge is 2.11. The van der Waals surface area contributed by atoms with Crippen LogP contribution in [0.25, 0.3) is 0 Å². The molecular weight excluding hydrogens is 271 g/mol. The van der Waals surface area contributed by atoms with Crippen molar-refractivity contribution in [1.29, 1.82) is 0 Å². The van der Waals surface area contributed by atoms with Gasteiger partial charge >= 0.3 is 0 Å². The average molecular weight is 283 g/mol. The van der Waals surface area contributed by atoms with E-state index in [-0.39, 0.29) is 16.4 Å². The number of nitrogen functional groups attached to an aromatic ring is 1. The van der Waals surface area contributed by atoms with Crippen molar-refractivity contribution in [3.8, 4) is 0 Å². The van der Waals surface area contributed by atoms with Gasteiger partial charge in [0.1, 0.15) is 17.5 Å². The quantitative estimate of drug-likeness (QED) is 0.672. The van der Waals surface area contributed by atoms with E-state index in [2.05, 4.69) is 0 Å². The number of hydrogen-bond acceptors (Lipinski definition) is 2. The third kappa shape index (κ3) is 3.23. The summed E-state index contributed by atoms with van der Waals surface area (Å²) in [6.45, 7) is 1.76.